The van der Waals surface area contributed by atoms with Gasteiger partial charge >= 0.3 is 0 Å². The first-order chi connectivity index (χ1) is 19.3. The van der Waals surface area contributed by atoms with Gasteiger partial charge in [0.1, 0.15) is 24.4 Å². The van der Waals surface area contributed by atoms with E-state index < -0.39 is 44.8 Å². The van der Waals surface area contributed by atoms with Gasteiger partial charge in [-0.05, 0) is 17.2 Å². The number of benzene rings is 3. The van der Waals surface area contributed by atoms with E-state index in [2.05, 4.69) is 30.5 Å². The number of carbonyl (C=O) groups excluding carboxylic acids is 1. The lowest BCUT2D eigenvalue weighted by Gasteiger charge is -2.47. The van der Waals surface area contributed by atoms with Crippen molar-refractivity contribution in [3.8, 4) is 0 Å². The maximum atomic E-state index is 12.3. The van der Waals surface area contributed by atoms with Crippen molar-refractivity contribution in [2.24, 2.45) is 0 Å². The van der Waals surface area contributed by atoms with Gasteiger partial charge in [0, 0.05) is 14.0 Å². The fourth-order valence-corrected chi connectivity index (χ4v) is 7.94. The molecule has 0 aromatic heterocycles. The first kappa shape index (κ1) is 30.1. The summed E-state index contributed by atoms with van der Waals surface area (Å²) in [6, 6.07) is 29.9. The SMILES string of the molecule is CO[C@H]1O[C@H]([C@@H](O)C[Si](C)(C)c2ccccc2)[C@@H](OCc2ccccc2)[C@H](OCc2ccccc2)[C@H]1NC(C)=O. The average molecular weight is 564 g/mol. The van der Waals surface area contributed by atoms with Crippen LogP contribution in [0.5, 0.6) is 0 Å². The van der Waals surface area contributed by atoms with E-state index in [1.54, 1.807) is 0 Å². The van der Waals surface area contributed by atoms with Crippen molar-refractivity contribution in [2.75, 3.05) is 7.11 Å². The Balaban J connectivity index is 1.66. The fourth-order valence-electron chi connectivity index (χ4n) is 5.33. The number of carbonyl (C=O) groups is 1. The van der Waals surface area contributed by atoms with E-state index in [9.17, 15) is 9.90 Å². The van der Waals surface area contributed by atoms with Gasteiger partial charge in [0.05, 0.1) is 27.4 Å². The van der Waals surface area contributed by atoms with Gasteiger partial charge in [0.25, 0.3) is 0 Å². The molecule has 1 aliphatic heterocycles. The van der Waals surface area contributed by atoms with Crippen LogP contribution in [-0.2, 0) is 37.0 Å². The number of amides is 1. The number of hydrogen-bond donors (Lipinski definition) is 2. The summed E-state index contributed by atoms with van der Waals surface area (Å²) in [6.45, 7) is 6.54. The highest BCUT2D eigenvalue weighted by Gasteiger charge is 2.51. The Bertz CT molecular complexity index is 1180. The summed E-state index contributed by atoms with van der Waals surface area (Å²) in [5.41, 5.74) is 1.97. The largest absolute Gasteiger partial charge is 0.391 e. The van der Waals surface area contributed by atoms with Gasteiger partial charge in [-0.15, -0.1) is 0 Å². The molecular weight excluding hydrogens is 522 g/mol. The van der Waals surface area contributed by atoms with E-state index in [-0.39, 0.29) is 5.91 Å². The first-order valence-electron chi connectivity index (χ1n) is 13.8. The minimum absolute atomic E-state index is 0.234. The topological polar surface area (TPSA) is 86.2 Å². The molecule has 1 amide bonds. The van der Waals surface area contributed by atoms with Gasteiger partial charge in [-0.3, -0.25) is 4.79 Å². The maximum absolute atomic E-state index is 12.3. The van der Waals surface area contributed by atoms with Crippen LogP contribution in [-0.4, -0.2) is 62.9 Å². The summed E-state index contributed by atoms with van der Waals surface area (Å²) in [6.07, 6.45) is -3.74. The van der Waals surface area contributed by atoms with Crippen molar-refractivity contribution < 1.29 is 28.8 Å². The van der Waals surface area contributed by atoms with Gasteiger partial charge < -0.3 is 29.4 Å². The predicted molar refractivity (Wildman–Crippen MR) is 158 cm³/mol. The van der Waals surface area contributed by atoms with Gasteiger partial charge in [-0.2, -0.15) is 0 Å². The molecule has 0 aliphatic carbocycles. The lowest BCUT2D eigenvalue weighted by atomic mass is 9.93. The normalized spacial score (nSPS) is 23.9. The van der Waals surface area contributed by atoms with E-state index in [4.69, 9.17) is 18.9 Å². The molecule has 40 heavy (non-hydrogen) atoms. The Labute approximate surface area is 238 Å². The molecule has 0 bridgehead atoms. The molecule has 1 fully saturated rings. The lowest BCUT2D eigenvalue weighted by molar-refractivity contribution is -0.291. The van der Waals surface area contributed by atoms with E-state index in [0.717, 1.165) is 11.1 Å². The van der Waals surface area contributed by atoms with Crippen LogP contribution in [0.1, 0.15) is 18.1 Å². The van der Waals surface area contributed by atoms with Crippen LogP contribution in [0.2, 0.25) is 19.1 Å². The van der Waals surface area contributed by atoms with E-state index in [1.165, 1.54) is 19.2 Å². The highest BCUT2D eigenvalue weighted by molar-refractivity contribution is 6.89. The van der Waals surface area contributed by atoms with E-state index in [0.29, 0.717) is 19.3 Å². The minimum atomic E-state index is -2.05. The molecule has 0 saturated carbocycles. The Morgan fingerprint density at radius 1 is 0.875 bits per heavy atom. The molecule has 2 N–H and O–H groups in total. The van der Waals surface area contributed by atoms with Crippen molar-refractivity contribution >= 4 is 19.2 Å². The Hall–Kier alpha value is -2.85. The third kappa shape index (κ3) is 7.87. The summed E-state index contributed by atoms with van der Waals surface area (Å²) in [5, 5.41) is 16.0. The molecule has 3 aromatic rings. The summed E-state index contributed by atoms with van der Waals surface area (Å²) < 4.78 is 25.2. The van der Waals surface area contributed by atoms with Crippen molar-refractivity contribution in [1.29, 1.82) is 0 Å². The number of methoxy groups -OCH3 is 1. The van der Waals surface area contributed by atoms with Crippen LogP contribution in [0.4, 0.5) is 0 Å². The highest BCUT2D eigenvalue weighted by Crippen LogP contribution is 2.32. The molecule has 1 heterocycles. The predicted octanol–water partition coefficient (Wildman–Crippen LogP) is 4.01. The summed E-state index contributed by atoms with van der Waals surface area (Å²) in [4.78, 5) is 12.3. The monoisotopic (exact) mass is 563 g/mol. The average Bonchev–Trinajstić information content (AvgIpc) is 2.96. The molecule has 3 aromatic carbocycles. The number of hydrogen-bond acceptors (Lipinski definition) is 6. The van der Waals surface area contributed by atoms with Crippen molar-refractivity contribution in [1.82, 2.24) is 5.32 Å². The third-order valence-electron chi connectivity index (χ3n) is 7.41. The maximum Gasteiger partial charge on any atom is 0.217 e. The van der Waals surface area contributed by atoms with Gasteiger partial charge in [-0.25, -0.2) is 0 Å². The minimum Gasteiger partial charge on any atom is -0.391 e. The van der Waals surface area contributed by atoms with Gasteiger partial charge in [0.15, 0.2) is 6.29 Å². The zero-order valence-electron chi connectivity index (χ0n) is 23.7. The molecular formula is C32H41NO6Si. The zero-order valence-corrected chi connectivity index (χ0v) is 24.7. The van der Waals surface area contributed by atoms with Crippen molar-refractivity contribution in [3.05, 3.63) is 102 Å². The molecule has 1 saturated heterocycles. The van der Waals surface area contributed by atoms with Crippen molar-refractivity contribution in [3.63, 3.8) is 0 Å². The molecule has 0 radical (unpaired) electrons. The second-order valence-corrected chi connectivity index (χ2v) is 15.7. The Morgan fingerprint density at radius 3 is 1.88 bits per heavy atom. The molecule has 7 nitrogen and oxygen atoms in total. The van der Waals surface area contributed by atoms with Crippen LogP contribution in [0.25, 0.3) is 0 Å². The highest BCUT2D eigenvalue weighted by atomic mass is 28.3. The zero-order chi connectivity index (χ0) is 28.5. The number of rotatable bonds is 12. The molecule has 8 heteroatoms. The molecule has 214 valence electrons. The van der Waals surface area contributed by atoms with Crippen LogP contribution in [0.3, 0.4) is 0 Å². The smallest absolute Gasteiger partial charge is 0.217 e. The standard InChI is InChI=1S/C32H41NO6Si/c1-23(34)33-28-30(37-20-24-14-8-5-9-15-24)31(38-21-25-16-10-6-11-17-25)29(39-32(28)36-2)27(35)22-40(3,4)26-18-12-7-13-19-26/h5-19,27-32,35H,20-22H2,1-4H3,(H,33,34)/t27-,28+,29+,30+,31+,32-/m0/s1. The van der Waals surface area contributed by atoms with Gasteiger partial charge in [0.2, 0.25) is 5.91 Å². The number of aliphatic hydroxyl groups excluding tert-OH is 1. The van der Waals surface area contributed by atoms with Gasteiger partial charge in [-0.1, -0.05) is 109 Å². The first-order valence-corrected chi connectivity index (χ1v) is 17.0. The summed E-state index contributed by atoms with van der Waals surface area (Å²) in [7, 11) is -0.516. The Morgan fingerprint density at radius 2 is 1.38 bits per heavy atom. The molecule has 6 atom stereocenters. The van der Waals surface area contributed by atoms with Crippen LogP contribution in [0, 0.1) is 0 Å². The van der Waals surface area contributed by atoms with Crippen LogP contribution < -0.4 is 10.5 Å². The summed E-state index contributed by atoms with van der Waals surface area (Å²) >= 11 is 0. The molecule has 4 rings (SSSR count). The number of nitrogens with one attached hydrogen (secondary N) is 1. The van der Waals surface area contributed by atoms with E-state index >= 15 is 0 Å². The molecule has 1 aliphatic rings. The lowest BCUT2D eigenvalue weighted by Crippen LogP contribution is -2.67. The fraction of sp³-hybridized carbons (Fsp3) is 0.406. The summed E-state index contributed by atoms with van der Waals surface area (Å²) in [5.74, 6) is -0.234. The third-order valence-corrected chi connectivity index (χ3v) is 10.7. The van der Waals surface area contributed by atoms with Crippen LogP contribution >= 0.6 is 0 Å². The second kappa shape index (κ2) is 14.2. The number of aliphatic hydroxyl groups is 1. The van der Waals surface area contributed by atoms with E-state index in [1.807, 2.05) is 78.9 Å². The Kier molecular flexibility index (Phi) is 10.7. The quantitative estimate of drug-likeness (QED) is 0.324. The molecule has 0 spiro atoms. The molecule has 0 unspecified atom stereocenters. The number of ether oxygens (including phenoxy) is 4. The van der Waals surface area contributed by atoms with Crippen molar-refractivity contribution in [2.45, 2.75) is 76.0 Å². The second-order valence-electron chi connectivity index (χ2n) is 11.0. The van der Waals surface area contributed by atoms with Crippen LogP contribution in [0.15, 0.2) is 91.0 Å².